The summed E-state index contributed by atoms with van der Waals surface area (Å²) in [5.74, 6) is 1.91. The summed E-state index contributed by atoms with van der Waals surface area (Å²) in [5.41, 5.74) is 0. The molecule has 1 N–H and O–H groups in total. The fourth-order valence-corrected chi connectivity index (χ4v) is 3.04. The molecule has 1 aliphatic rings. The average molecular weight is 246 g/mol. The molecule has 4 heteroatoms. The maximum absolute atomic E-state index is 5.72. The molecule has 0 spiro atoms. The average Bonchev–Trinajstić information content (AvgIpc) is 2.52. The first-order chi connectivity index (χ1) is 7.34. The van der Waals surface area contributed by atoms with Crippen molar-refractivity contribution in [3.05, 3.63) is 23.1 Å². The summed E-state index contributed by atoms with van der Waals surface area (Å²) in [6, 6.07) is 3.77. The summed E-state index contributed by atoms with van der Waals surface area (Å²) in [4.78, 5) is 0. The first kappa shape index (κ1) is 11.4. The zero-order valence-corrected chi connectivity index (χ0v) is 10.2. The maximum atomic E-state index is 5.72. The van der Waals surface area contributed by atoms with Crippen molar-refractivity contribution in [1.82, 2.24) is 5.32 Å². The second kappa shape index (κ2) is 5.83. The molecule has 0 aromatic carbocycles. The number of rotatable bonds is 3. The van der Waals surface area contributed by atoms with Crippen LogP contribution in [0, 0.1) is 0 Å². The van der Waals surface area contributed by atoms with E-state index in [4.69, 9.17) is 16.0 Å². The summed E-state index contributed by atoms with van der Waals surface area (Å²) in [6.07, 6.45) is 3.96. The fourth-order valence-electron chi connectivity index (χ4n) is 1.76. The Hall–Kier alpha value is -0.120. The molecule has 0 bridgehead atoms. The molecule has 0 aliphatic carbocycles. The second-order valence-corrected chi connectivity index (χ2v) is 5.50. The molecule has 2 rings (SSSR count). The first-order valence-electron chi connectivity index (χ1n) is 5.41. The SMILES string of the molecule is Clc1ccc(CSC2CCCCNC2)o1. The van der Waals surface area contributed by atoms with Gasteiger partial charge in [-0.05, 0) is 43.1 Å². The van der Waals surface area contributed by atoms with Crippen LogP contribution in [-0.2, 0) is 5.75 Å². The van der Waals surface area contributed by atoms with E-state index >= 15 is 0 Å². The molecule has 84 valence electrons. The molecule has 1 fully saturated rings. The van der Waals surface area contributed by atoms with Gasteiger partial charge < -0.3 is 9.73 Å². The van der Waals surface area contributed by atoms with Gasteiger partial charge in [-0.15, -0.1) is 11.8 Å². The van der Waals surface area contributed by atoms with Gasteiger partial charge in [0.05, 0.1) is 5.75 Å². The first-order valence-corrected chi connectivity index (χ1v) is 6.84. The number of hydrogen-bond donors (Lipinski definition) is 1. The van der Waals surface area contributed by atoms with Crippen LogP contribution in [0.4, 0.5) is 0 Å². The predicted octanol–water partition coefficient (Wildman–Crippen LogP) is 3.31. The third-order valence-corrected chi connectivity index (χ3v) is 4.12. The largest absolute Gasteiger partial charge is 0.449 e. The lowest BCUT2D eigenvalue weighted by molar-refractivity contribution is 0.532. The molecule has 0 amide bonds. The van der Waals surface area contributed by atoms with Crippen molar-refractivity contribution in [2.45, 2.75) is 30.3 Å². The van der Waals surface area contributed by atoms with Crippen LogP contribution in [0.3, 0.4) is 0 Å². The third kappa shape index (κ3) is 3.74. The number of nitrogens with one attached hydrogen (secondary N) is 1. The Balaban J connectivity index is 1.76. The zero-order valence-electron chi connectivity index (χ0n) is 8.67. The van der Waals surface area contributed by atoms with E-state index in [9.17, 15) is 0 Å². The molecule has 2 heterocycles. The van der Waals surface area contributed by atoms with Gasteiger partial charge in [0.15, 0.2) is 5.22 Å². The lowest BCUT2D eigenvalue weighted by Gasteiger charge is -2.12. The van der Waals surface area contributed by atoms with Crippen molar-refractivity contribution in [1.29, 1.82) is 0 Å². The summed E-state index contributed by atoms with van der Waals surface area (Å²) < 4.78 is 5.33. The monoisotopic (exact) mass is 245 g/mol. The molecular weight excluding hydrogens is 230 g/mol. The van der Waals surface area contributed by atoms with Crippen molar-refractivity contribution >= 4 is 23.4 Å². The number of halogens is 1. The molecular formula is C11H16ClNOS. The molecule has 0 radical (unpaired) electrons. The van der Waals surface area contributed by atoms with Crippen molar-refractivity contribution < 1.29 is 4.42 Å². The summed E-state index contributed by atoms with van der Waals surface area (Å²) >= 11 is 7.68. The highest BCUT2D eigenvalue weighted by molar-refractivity contribution is 7.99. The van der Waals surface area contributed by atoms with Crippen LogP contribution >= 0.6 is 23.4 Å². The third-order valence-electron chi connectivity index (χ3n) is 2.59. The van der Waals surface area contributed by atoms with Gasteiger partial charge in [0.25, 0.3) is 0 Å². The van der Waals surface area contributed by atoms with Gasteiger partial charge in [0, 0.05) is 11.8 Å². The topological polar surface area (TPSA) is 25.2 Å². The van der Waals surface area contributed by atoms with Gasteiger partial charge >= 0.3 is 0 Å². The Morgan fingerprint density at radius 1 is 1.47 bits per heavy atom. The van der Waals surface area contributed by atoms with Crippen molar-refractivity contribution in [3.63, 3.8) is 0 Å². The van der Waals surface area contributed by atoms with Crippen LogP contribution in [0.15, 0.2) is 16.5 Å². The van der Waals surface area contributed by atoms with E-state index in [-0.39, 0.29) is 0 Å². The van der Waals surface area contributed by atoms with E-state index in [1.807, 2.05) is 23.9 Å². The highest BCUT2D eigenvalue weighted by Gasteiger charge is 2.12. The smallest absolute Gasteiger partial charge is 0.193 e. The number of hydrogen-bond acceptors (Lipinski definition) is 3. The summed E-state index contributed by atoms with van der Waals surface area (Å²) in [7, 11) is 0. The van der Waals surface area contributed by atoms with Gasteiger partial charge in [-0.3, -0.25) is 0 Å². The minimum absolute atomic E-state index is 0.490. The van der Waals surface area contributed by atoms with Gasteiger partial charge in [-0.2, -0.15) is 0 Å². The fraction of sp³-hybridized carbons (Fsp3) is 0.636. The van der Waals surface area contributed by atoms with E-state index in [2.05, 4.69) is 5.32 Å². The highest BCUT2D eigenvalue weighted by atomic mass is 35.5. The van der Waals surface area contributed by atoms with Gasteiger partial charge in [-0.25, -0.2) is 0 Å². The lowest BCUT2D eigenvalue weighted by Crippen LogP contribution is -2.22. The molecule has 0 saturated carbocycles. The number of furan rings is 1. The van der Waals surface area contributed by atoms with Crippen molar-refractivity contribution in [2.75, 3.05) is 13.1 Å². The molecule has 1 aromatic heterocycles. The van der Waals surface area contributed by atoms with Crippen molar-refractivity contribution in [3.8, 4) is 0 Å². The maximum Gasteiger partial charge on any atom is 0.193 e. The summed E-state index contributed by atoms with van der Waals surface area (Å²) in [6.45, 7) is 2.29. The minimum Gasteiger partial charge on any atom is -0.449 e. The number of thioether (sulfide) groups is 1. The Morgan fingerprint density at radius 2 is 2.40 bits per heavy atom. The van der Waals surface area contributed by atoms with Crippen molar-refractivity contribution in [2.24, 2.45) is 0 Å². The Labute approximate surface area is 99.8 Å². The van der Waals surface area contributed by atoms with Crippen LogP contribution in [0.25, 0.3) is 0 Å². The highest BCUT2D eigenvalue weighted by Crippen LogP contribution is 2.25. The van der Waals surface area contributed by atoms with Gasteiger partial charge in [0.2, 0.25) is 0 Å². The molecule has 1 atom stereocenters. The second-order valence-electron chi connectivity index (χ2n) is 3.84. The quantitative estimate of drug-likeness (QED) is 0.885. The molecule has 2 nitrogen and oxygen atoms in total. The van der Waals surface area contributed by atoms with E-state index in [1.54, 1.807) is 0 Å². The molecule has 15 heavy (non-hydrogen) atoms. The Kier molecular flexibility index (Phi) is 4.42. The van der Waals surface area contributed by atoms with Gasteiger partial charge in [-0.1, -0.05) is 6.42 Å². The normalized spacial score (nSPS) is 22.6. The molecule has 1 saturated heterocycles. The van der Waals surface area contributed by atoms with E-state index in [0.29, 0.717) is 5.22 Å². The Morgan fingerprint density at radius 3 is 3.20 bits per heavy atom. The minimum atomic E-state index is 0.490. The van der Waals surface area contributed by atoms with E-state index in [1.165, 1.54) is 25.8 Å². The summed E-state index contributed by atoms with van der Waals surface area (Å²) in [5, 5.41) is 4.67. The lowest BCUT2D eigenvalue weighted by atomic mass is 10.2. The molecule has 1 unspecified atom stereocenters. The van der Waals surface area contributed by atoms with Crippen LogP contribution in [0.1, 0.15) is 25.0 Å². The van der Waals surface area contributed by atoms with E-state index in [0.717, 1.165) is 23.3 Å². The van der Waals surface area contributed by atoms with Crippen LogP contribution < -0.4 is 5.32 Å². The molecule has 1 aliphatic heterocycles. The predicted molar refractivity (Wildman–Crippen MR) is 65.5 cm³/mol. The standard InChI is InChI=1S/C11H16ClNOS/c12-11-5-4-9(14-11)8-15-10-3-1-2-6-13-7-10/h4-5,10,13H,1-3,6-8H2. The van der Waals surface area contributed by atoms with Gasteiger partial charge in [0.1, 0.15) is 5.76 Å². The molecule has 1 aromatic rings. The van der Waals surface area contributed by atoms with E-state index < -0.39 is 0 Å². The Bertz CT molecular complexity index is 295. The van der Waals surface area contributed by atoms with Crippen LogP contribution in [0.2, 0.25) is 5.22 Å². The van der Waals surface area contributed by atoms with Crippen LogP contribution in [0.5, 0.6) is 0 Å². The zero-order chi connectivity index (χ0) is 10.5. The van der Waals surface area contributed by atoms with Crippen LogP contribution in [-0.4, -0.2) is 18.3 Å².